The molecule has 0 aliphatic carbocycles. The molecular weight excluding hydrogens is 392 g/mol. The lowest BCUT2D eigenvalue weighted by Gasteiger charge is -2.24. The minimum absolute atomic E-state index is 0.00900. The van der Waals surface area contributed by atoms with Gasteiger partial charge in [0.05, 0.1) is 30.2 Å². The molecule has 160 valence electrons. The van der Waals surface area contributed by atoms with Crippen molar-refractivity contribution >= 4 is 23.0 Å². The van der Waals surface area contributed by atoms with Crippen LogP contribution < -0.4 is 4.90 Å². The van der Waals surface area contributed by atoms with Gasteiger partial charge < -0.3 is 14.7 Å². The highest BCUT2D eigenvalue weighted by Gasteiger charge is 2.09. The second kappa shape index (κ2) is 11.0. The van der Waals surface area contributed by atoms with Gasteiger partial charge in [-0.1, -0.05) is 18.2 Å². The Hall–Kier alpha value is -3.58. The number of pyridine rings is 1. The summed E-state index contributed by atoms with van der Waals surface area (Å²) < 4.78 is 5.02. The Morgan fingerprint density at radius 2 is 1.87 bits per heavy atom. The van der Waals surface area contributed by atoms with Crippen LogP contribution in [-0.4, -0.2) is 42.4 Å². The number of carbonyl (C=O) groups excluding carboxylic acids is 1. The maximum absolute atomic E-state index is 11.0. The molecule has 3 rings (SSSR count). The Balaban J connectivity index is 1.69. The highest BCUT2D eigenvalue weighted by Crippen LogP contribution is 2.27. The zero-order valence-electron chi connectivity index (χ0n) is 17.7. The number of hydrogen-bond acceptors (Lipinski definition) is 7. The molecule has 7 heteroatoms. The molecule has 1 heterocycles. The predicted molar refractivity (Wildman–Crippen MR) is 121 cm³/mol. The maximum Gasteiger partial charge on any atom is 0.302 e. The van der Waals surface area contributed by atoms with E-state index in [1.807, 2.05) is 72.5 Å². The van der Waals surface area contributed by atoms with Crippen LogP contribution >= 0.6 is 0 Å². The third kappa shape index (κ3) is 6.45. The summed E-state index contributed by atoms with van der Waals surface area (Å²) >= 11 is 0. The molecular formula is C24H26N4O3. The summed E-state index contributed by atoms with van der Waals surface area (Å²) in [6.45, 7) is 4.57. The van der Waals surface area contributed by atoms with Gasteiger partial charge in [-0.15, -0.1) is 0 Å². The van der Waals surface area contributed by atoms with Crippen LogP contribution in [-0.2, 0) is 9.53 Å². The van der Waals surface area contributed by atoms with Gasteiger partial charge in [-0.05, 0) is 55.0 Å². The number of esters is 1. The number of rotatable bonds is 9. The zero-order chi connectivity index (χ0) is 22.1. The lowest BCUT2D eigenvalue weighted by Crippen LogP contribution is -2.30. The van der Waals surface area contributed by atoms with Crippen molar-refractivity contribution in [2.75, 3.05) is 31.2 Å². The summed E-state index contributed by atoms with van der Waals surface area (Å²) in [6.07, 6.45) is 1.77. The van der Waals surface area contributed by atoms with Gasteiger partial charge >= 0.3 is 5.97 Å². The Morgan fingerprint density at radius 3 is 2.52 bits per heavy atom. The van der Waals surface area contributed by atoms with Gasteiger partial charge in [0.1, 0.15) is 6.61 Å². The molecule has 0 aliphatic heterocycles. The standard InChI is InChI=1S/C24H26N4O3/c1-18-17-22(28(13-15-29)14-16-31-19(2)30)10-11-23(18)27-26-21-8-6-20(7-9-21)24-5-3-4-12-25-24/h3-12,17,29H,13-16H2,1-2H3. The molecule has 0 bridgehead atoms. The van der Waals surface area contributed by atoms with Crippen LogP contribution in [0.3, 0.4) is 0 Å². The lowest BCUT2D eigenvalue weighted by molar-refractivity contribution is -0.140. The second-order valence-electron chi connectivity index (χ2n) is 6.98. The topological polar surface area (TPSA) is 87.4 Å². The molecule has 0 unspecified atom stereocenters. The molecule has 31 heavy (non-hydrogen) atoms. The van der Waals surface area contributed by atoms with Crippen molar-refractivity contribution in [2.45, 2.75) is 13.8 Å². The van der Waals surface area contributed by atoms with E-state index in [1.165, 1.54) is 6.92 Å². The molecule has 0 fully saturated rings. The number of carbonyl (C=O) groups is 1. The summed E-state index contributed by atoms with van der Waals surface area (Å²) in [5, 5.41) is 18.1. The predicted octanol–water partition coefficient (Wildman–Crippen LogP) is 4.83. The summed E-state index contributed by atoms with van der Waals surface area (Å²) in [4.78, 5) is 17.3. The molecule has 0 saturated carbocycles. The van der Waals surface area contributed by atoms with Crippen molar-refractivity contribution in [2.24, 2.45) is 10.2 Å². The molecule has 3 aromatic rings. The first-order valence-corrected chi connectivity index (χ1v) is 10.1. The number of aliphatic hydroxyl groups is 1. The van der Waals surface area contributed by atoms with E-state index in [0.29, 0.717) is 13.1 Å². The number of hydrogen-bond donors (Lipinski definition) is 1. The van der Waals surface area contributed by atoms with Crippen LogP contribution in [0.25, 0.3) is 11.3 Å². The molecule has 2 aromatic carbocycles. The fourth-order valence-corrected chi connectivity index (χ4v) is 3.08. The molecule has 0 amide bonds. The first-order chi connectivity index (χ1) is 15.1. The average molecular weight is 418 g/mol. The van der Waals surface area contributed by atoms with Crippen LogP contribution in [0, 0.1) is 6.92 Å². The van der Waals surface area contributed by atoms with Crippen molar-refractivity contribution in [1.29, 1.82) is 0 Å². The van der Waals surface area contributed by atoms with Crippen molar-refractivity contribution < 1.29 is 14.6 Å². The van der Waals surface area contributed by atoms with Gasteiger partial charge in [-0.3, -0.25) is 9.78 Å². The third-order valence-electron chi connectivity index (χ3n) is 4.68. The van der Waals surface area contributed by atoms with E-state index in [-0.39, 0.29) is 19.2 Å². The minimum Gasteiger partial charge on any atom is -0.464 e. The zero-order valence-corrected chi connectivity index (χ0v) is 17.7. The summed E-state index contributed by atoms with van der Waals surface area (Å²) in [7, 11) is 0. The van der Waals surface area contributed by atoms with Crippen LogP contribution in [0.2, 0.25) is 0 Å². The number of aromatic nitrogens is 1. The van der Waals surface area contributed by atoms with Crippen LogP contribution in [0.5, 0.6) is 0 Å². The second-order valence-corrected chi connectivity index (χ2v) is 6.98. The molecule has 1 N–H and O–H groups in total. The summed E-state index contributed by atoms with van der Waals surface area (Å²) in [6, 6.07) is 19.4. The van der Waals surface area contributed by atoms with E-state index in [0.717, 1.165) is 33.9 Å². The lowest BCUT2D eigenvalue weighted by atomic mass is 10.1. The number of nitrogens with zero attached hydrogens (tertiary/aromatic N) is 4. The van der Waals surface area contributed by atoms with E-state index in [4.69, 9.17) is 4.74 Å². The largest absolute Gasteiger partial charge is 0.464 e. The van der Waals surface area contributed by atoms with Crippen molar-refractivity contribution in [3.8, 4) is 11.3 Å². The van der Waals surface area contributed by atoms with Crippen molar-refractivity contribution in [3.05, 3.63) is 72.4 Å². The molecule has 0 saturated heterocycles. The number of azo groups is 1. The molecule has 7 nitrogen and oxygen atoms in total. The molecule has 0 aliphatic rings. The van der Waals surface area contributed by atoms with Gasteiger partial charge in [0.15, 0.2) is 0 Å². The van der Waals surface area contributed by atoms with Crippen LogP contribution in [0.1, 0.15) is 12.5 Å². The van der Waals surface area contributed by atoms with E-state index < -0.39 is 0 Å². The molecule has 0 radical (unpaired) electrons. The Kier molecular flexibility index (Phi) is 7.84. The molecule has 1 aromatic heterocycles. The highest BCUT2D eigenvalue weighted by atomic mass is 16.5. The van der Waals surface area contributed by atoms with Gasteiger partial charge in [-0.2, -0.15) is 10.2 Å². The number of anilines is 1. The number of aryl methyl sites for hydroxylation is 1. The van der Waals surface area contributed by atoms with Gasteiger partial charge in [0.2, 0.25) is 0 Å². The molecule has 0 atom stereocenters. The summed E-state index contributed by atoms with van der Waals surface area (Å²) in [5.41, 5.74) is 5.35. The first kappa shape index (κ1) is 22.1. The monoisotopic (exact) mass is 418 g/mol. The fourth-order valence-electron chi connectivity index (χ4n) is 3.08. The van der Waals surface area contributed by atoms with E-state index in [2.05, 4.69) is 15.2 Å². The minimum atomic E-state index is -0.316. The number of aliphatic hydroxyl groups excluding tert-OH is 1. The average Bonchev–Trinajstić information content (AvgIpc) is 2.78. The van der Waals surface area contributed by atoms with E-state index >= 15 is 0 Å². The smallest absolute Gasteiger partial charge is 0.302 e. The van der Waals surface area contributed by atoms with E-state index in [1.54, 1.807) is 6.20 Å². The normalized spacial score (nSPS) is 10.9. The number of ether oxygens (including phenoxy) is 1. The van der Waals surface area contributed by atoms with Gasteiger partial charge in [0, 0.05) is 30.9 Å². The van der Waals surface area contributed by atoms with Crippen molar-refractivity contribution in [3.63, 3.8) is 0 Å². The SMILES string of the molecule is CC(=O)OCCN(CCO)c1ccc(N=Nc2ccc(-c3ccccn3)cc2)c(C)c1. The Bertz CT molecular complexity index is 1020. The number of benzene rings is 2. The van der Waals surface area contributed by atoms with Gasteiger partial charge in [0.25, 0.3) is 0 Å². The Labute approximate surface area is 182 Å². The third-order valence-corrected chi connectivity index (χ3v) is 4.68. The van der Waals surface area contributed by atoms with Crippen LogP contribution in [0.15, 0.2) is 77.1 Å². The molecule has 0 spiro atoms. The fraction of sp³-hybridized carbons (Fsp3) is 0.250. The quantitative estimate of drug-likeness (QED) is 0.397. The van der Waals surface area contributed by atoms with E-state index in [9.17, 15) is 9.90 Å². The Morgan fingerprint density at radius 1 is 1.06 bits per heavy atom. The first-order valence-electron chi connectivity index (χ1n) is 10.1. The van der Waals surface area contributed by atoms with Gasteiger partial charge in [-0.25, -0.2) is 0 Å². The van der Waals surface area contributed by atoms with Crippen molar-refractivity contribution in [1.82, 2.24) is 4.98 Å². The summed E-state index contributed by atoms with van der Waals surface area (Å²) in [5.74, 6) is -0.316. The highest BCUT2D eigenvalue weighted by molar-refractivity contribution is 5.66. The maximum atomic E-state index is 11.0. The van der Waals surface area contributed by atoms with Crippen LogP contribution in [0.4, 0.5) is 17.1 Å².